The van der Waals surface area contributed by atoms with Gasteiger partial charge in [-0.15, -0.1) is 11.3 Å². The predicted octanol–water partition coefficient (Wildman–Crippen LogP) is 4.93. The molecule has 0 fully saturated rings. The lowest BCUT2D eigenvalue weighted by atomic mass is 10.0. The number of nitrogens with zero attached hydrogens (tertiary/aromatic N) is 1. The molecule has 3 rings (SSSR count). The molecule has 0 radical (unpaired) electrons. The highest BCUT2D eigenvalue weighted by Gasteiger charge is 2.22. The lowest BCUT2D eigenvalue weighted by Crippen LogP contribution is -2.38. The number of nitrogens with one attached hydrogen (secondary N) is 1. The summed E-state index contributed by atoms with van der Waals surface area (Å²) in [6.45, 7) is 3.96. The summed E-state index contributed by atoms with van der Waals surface area (Å²) in [4.78, 5) is 29.4. The van der Waals surface area contributed by atoms with E-state index in [1.807, 2.05) is 35.7 Å². The highest BCUT2D eigenvalue weighted by atomic mass is 32.1. The molecular weight excluding hydrogens is 412 g/mol. The van der Waals surface area contributed by atoms with E-state index >= 15 is 0 Å². The Morgan fingerprint density at radius 1 is 1.13 bits per heavy atom. The van der Waals surface area contributed by atoms with Crippen LogP contribution in [0, 0.1) is 0 Å². The van der Waals surface area contributed by atoms with Gasteiger partial charge in [-0.3, -0.25) is 4.79 Å². The highest BCUT2D eigenvalue weighted by Crippen LogP contribution is 2.19. The first-order chi connectivity index (χ1) is 15.1. The molecule has 2 atom stereocenters. The van der Waals surface area contributed by atoms with E-state index in [1.54, 1.807) is 36.7 Å². The lowest BCUT2D eigenvalue weighted by molar-refractivity contribution is -0.129. The zero-order valence-electron chi connectivity index (χ0n) is 17.6. The van der Waals surface area contributed by atoms with Crippen molar-refractivity contribution in [2.45, 2.75) is 45.4 Å². The molecule has 1 N–H and O–H groups in total. The minimum Gasteiger partial charge on any atom is -0.487 e. The summed E-state index contributed by atoms with van der Waals surface area (Å²) < 4.78 is 11.1. The number of hydrogen-bond donors (Lipinski definition) is 1. The number of thiazole rings is 1. The summed E-state index contributed by atoms with van der Waals surface area (Å²) in [6.07, 6.45) is 0.798. The van der Waals surface area contributed by atoms with Gasteiger partial charge in [0.05, 0.1) is 22.8 Å². The first-order valence-electron chi connectivity index (χ1n) is 10.2. The third-order valence-corrected chi connectivity index (χ3v) is 5.32. The lowest BCUT2D eigenvalue weighted by Gasteiger charge is -2.21. The molecule has 0 aliphatic carbocycles. The fourth-order valence-corrected chi connectivity index (χ4v) is 3.59. The van der Waals surface area contributed by atoms with E-state index in [2.05, 4.69) is 17.2 Å². The second-order valence-corrected chi connectivity index (χ2v) is 7.82. The van der Waals surface area contributed by atoms with Gasteiger partial charge in [0.1, 0.15) is 12.4 Å². The molecule has 0 bridgehead atoms. The molecule has 0 aliphatic rings. The molecular formula is C24H26N2O4S. The number of aromatic nitrogens is 1. The Kier molecular flexibility index (Phi) is 8.18. The van der Waals surface area contributed by atoms with Crippen molar-refractivity contribution in [3.8, 4) is 5.75 Å². The number of rotatable bonds is 10. The van der Waals surface area contributed by atoms with E-state index < -0.39 is 12.1 Å². The normalized spacial score (nSPS) is 12.6. The van der Waals surface area contributed by atoms with Crippen LogP contribution >= 0.6 is 11.3 Å². The van der Waals surface area contributed by atoms with Crippen molar-refractivity contribution in [2.24, 2.45) is 0 Å². The SMILES string of the molecule is CCCC(NC(=O)C(C)OC(=O)c1cccc(OCc2cscn2)c1)c1ccccc1. The minimum absolute atomic E-state index is 0.123. The maximum Gasteiger partial charge on any atom is 0.339 e. The van der Waals surface area contributed by atoms with Gasteiger partial charge in [0.15, 0.2) is 6.10 Å². The van der Waals surface area contributed by atoms with Gasteiger partial charge in [-0.25, -0.2) is 9.78 Å². The van der Waals surface area contributed by atoms with Gasteiger partial charge >= 0.3 is 5.97 Å². The van der Waals surface area contributed by atoms with E-state index in [0.29, 0.717) is 17.9 Å². The van der Waals surface area contributed by atoms with Crippen molar-refractivity contribution in [3.63, 3.8) is 0 Å². The fourth-order valence-electron chi connectivity index (χ4n) is 3.05. The van der Waals surface area contributed by atoms with Crippen LogP contribution in [0.3, 0.4) is 0 Å². The number of benzene rings is 2. The van der Waals surface area contributed by atoms with Gasteiger partial charge < -0.3 is 14.8 Å². The van der Waals surface area contributed by atoms with Crippen LogP contribution in [0.5, 0.6) is 5.75 Å². The summed E-state index contributed by atoms with van der Waals surface area (Å²) in [5.41, 5.74) is 3.91. The van der Waals surface area contributed by atoms with Crippen molar-refractivity contribution in [3.05, 3.63) is 82.3 Å². The van der Waals surface area contributed by atoms with E-state index in [9.17, 15) is 9.59 Å². The molecule has 31 heavy (non-hydrogen) atoms. The number of carbonyl (C=O) groups is 2. The summed E-state index contributed by atoms with van der Waals surface area (Å²) >= 11 is 1.49. The van der Waals surface area contributed by atoms with Gasteiger partial charge in [-0.05, 0) is 37.1 Å². The quantitative estimate of drug-likeness (QED) is 0.455. The zero-order valence-corrected chi connectivity index (χ0v) is 18.4. The third kappa shape index (κ3) is 6.65. The number of ether oxygens (including phenoxy) is 2. The summed E-state index contributed by atoms with van der Waals surface area (Å²) in [6, 6.07) is 16.4. The molecule has 0 saturated carbocycles. The maximum absolute atomic E-state index is 12.7. The molecule has 2 unspecified atom stereocenters. The zero-order chi connectivity index (χ0) is 22.1. The van der Waals surface area contributed by atoms with Crippen LogP contribution in [0.15, 0.2) is 65.5 Å². The molecule has 0 saturated heterocycles. The monoisotopic (exact) mass is 438 g/mol. The third-order valence-electron chi connectivity index (χ3n) is 4.69. The number of carbonyl (C=O) groups excluding carboxylic acids is 2. The van der Waals surface area contributed by atoms with Crippen LogP contribution in [0.1, 0.15) is 54.3 Å². The Morgan fingerprint density at radius 3 is 2.65 bits per heavy atom. The molecule has 7 heteroatoms. The highest BCUT2D eigenvalue weighted by molar-refractivity contribution is 7.07. The summed E-state index contributed by atoms with van der Waals surface area (Å²) in [5, 5.41) is 4.89. The fraction of sp³-hybridized carbons (Fsp3) is 0.292. The molecule has 1 heterocycles. The van der Waals surface area contributed by atoms with E-state index in [4.69, 9.17) is 9.47 Å². The predicted molar refractivity (Wildman–Crippen MR) is 120 cm³/mol. The molecule has 3 aromatic rings. The first kappa shape index (κ1) is 22.5. The Morgan fingerprint density at radius 2 is 1.94 bits per heavy atom. The van der Waals surface area contributed by atoms with Crippen LogP contribution in [0.25, 0.3) is 0 Å². The standard InChI is InChI=1S/C24H26N2O4S/c1-3-8-22(18-9-5-4-6-10-18)26-23(27)17(2)30-24(28)19-11-7-12-21(13-19)29-14-20-15-31-16-25-20/h4-7,9-13,15-17,22H,3,8,14H2,1-2H3,(H,26,27). The molecule has 1 aromatic heterocycles. The Labute approximate surface area is 186 Å². The average Bonchev–Trinajstić information content (AvgIpc) is 3.32. The van der Waals surface area contributed by atoms with Crippen LogP contribution < -0.4 is 10.1 Å². The Balaban J connectivity index is 1.57. The first-order valence-corrected chi connectivity index (χ1v) is 11.2. The van der Waals surface area contributed by atoms with Crippen molar-refractivity contribution in [1.29, 1.82) is 0 Å². The van der Waals surface area contributed by atoms with Crippen LogP contribution in [-0.4, -0.2) is 23.0 Å². The van der Waals surface area contributed by atoms with Crippen molar-refractivity contribution in [2.75, 3.05) is 0 Å². The smallest absolute Gasteiger partial charge is 0.339 e. The van der Waals surface area contributed by atoms with Gasteiger partial charge in [-0.1, -0.05) is 49.7 Å². The van der Waals surface area contributed by atoms with Crippen LogP contribution in [0.4, 0.5) is 0 Å². The van der Waals surface area contributed by atoms with Crippen LogP contribution in [-0.2, 0) is 16.1 Å². The number of esters is 1. The minimum atomic E-state index is -0.921. The molecule has 1 amide bonds. The Bertz CT molecular complexity index is 976. The number of amides is 1. The van der Waals surface area contributed by atoms with E-state index in [-0.39, 0.29) is 11.9 Å². The molecule has 162 valence electrons. The molecule has 6 nitrogen and oxygen atoms in total. The Hall–Kier alpha value is -3.19. The summed E-state index contributed by atoms with van der Waals surface area (Å²) in [5.74, 6) is -0.369. The average molecular weight is 439 g/mol. The van der Waals surface area contributed by atoms with Gasteiger partial charge in [-0.2, -0.15) is 0 Å². The van der Waals surface area contributed by atoms with E-state index in [1.165, 1.54) is 11.3 Å². The largest absolute Gasteiger partial charge is 0.487 e. The van der Waals surface area contributed by atoms with Crippen LogP contribution in [0.2, 0.25) is 0 Å². The molecule has 2 aromatic carbocycles. The second kappa shape index (κ2) is 11.3. The van der Waals surface area contributed by atoms with Gasteiger partial charge in [0.2, 0.25) is 0 Å². The molecule has 0 spiro atoms. The topological polar surface area (TPSA) is 77.5 Å². The van der Waals surface area contributed by atoms with Gasteiger partial charge in [0, 0.05) is 5.38 Å². The van der Waals surface area contributed by atoms with Crippen molar-refractivity contribution >= 4 is 23.2 Å². The van der Waals surface area contributed by atoms with Crippen molar-refractivity contribution < 1.29 is 19.1 Å². The maximum atomic E-state index is 12.7. The second-order valence-electron chi connectivity index (χ2n) is 7.10. The van der Waals surface area contributed by atoms with Crippen molar-refractivity contribution in [1.82, 2.24) is 10.3 Å². The number of hydrogen-bond acceptors (Lipinski definition) is 6. The summed E-state index contributed by atoms with van der Waals surface area (Å²) in [7, 11) is 0. The van der Waals surface area contributed by atoms with E-state index in [0.717, 1.165) is 24.1 Å². The molecule has 0 aliphatic heterocycles. The van der Waals surface area contributed by atoms with Gasteiger partial charge in [0.25, 0.3) is 5.91 Å².